The third kappa shape index (κ3) is 5.31. The molecule has 0 saturated heterocycles. The van der Waals surface area contributed by atoms with Crippen LogP contribution < -0.4 is 10.7 Å². The lowest BCUT2D eigenvalue weighted by atomic mass is 9.95. The number of hydrogen-bond acceptors (Lipinski definition) is 8. The highest BCUT2D eigenvalue weighted by Crippen LogP contribution is 2.38. The number of rotatable bonds is 6. The molecule has 3 rings (SSSR count). The van der Waals surface area contributed by atoms with E-state index in [1.807, 2.05) is 0 Å². The minimum atomic E-state index is -1.01. The van der Waals surface area contributed by atoms with E-state index in [-0.39, 0.29) is 12.3 Å². The van der Waals surface area contributed by atoms with E-state index in [2.05, 4.69) is 15.8 Å². The fraction of sp³-hybridized carbons (Fsp3) is 0.300. The summed E-state index contributed by atoms with van der Waals surface area (Å²) in [4.78, 5) is 47.9. The molecule has 2 aromatic rings. The van der Waals surface area contributed by atoms with Crippen LogP contribution in [0.1, 0.15) is 46.1 Å². The van der Waals surface area contributed by atoms with Gasteiger partial charge in [-0.1, -0.05) is 0 Å². The first kappa shape index (κ1) is 22.1. The van der Waals surface area contributed by atoms with Gasteiger partial charge in [0.05, 0.1) is 23.3 Å². The summed E-state index contributed by atoms with van der Waals surface area (Å²) in [6.45, 7) is 1.90. The Hall–Kier alpha value is -3.60. The van der Waals surface area contributed by atoms with E-state index >= 15 is 0 Å². The molecule has 0 aliphatic heterocycles. The number of fused-ring (bicyclic) bond motifs is 1. The third-order valence-corrected chi connectivity index (χ3v) is 5.78. The average Bonchev–Trinajstić information content (AvgIpc) is 3.12. The number of anilines is 1. The molecule has 0 spiro atoms. The number of nitrogens with zero attached hydrogens (tertiary/aromatic N) is 2. The molecule has 10 nitrogen and oxygen atoms in total. The molecule has 1 aromatic carbocycles. The van der Waals surface area contributed by atoms with Crippen molar-refractivity contribution in [1.82, 2.24) is 5.43 Å². The van der Waals surface area contributed by atoms with Gasteiger partial charge in [-0.3, -0.25) is 19.7 Å². The van der Waals surface area contributed by atoms with Gasteiger partial charge in [-0.05, 0) is 55.9 Å². The molecule has 1 aliphatic carbocycles. The zero-order valence-corrected chi connectivity index (χ0v) is 17.5. The summed E-state index contributed by atoms with van der Waals surface area (Å²) in [5.74, 6) is -2.50. The van der Waals surface area contributed by atoms with Crippen LogP contribution in [-0.2, 0) is 27.2 Å². The Balaban J connectivity index is 1.66. The number of nitro groups is 1. The van der Waals surface area contributed by atoms with Crippen LogP contribution in [0.4, 0.5) is 10.7 Å². The first-order valence-electron chi connectivity index (χ1n) is 9.61. The fourth-order valence-electron chi connectivity index (χ4n) is 3.13. The maximum atomic E-state index is 12.4. The van der Waals surface area contributed by atoms with Crippen molar-refractivity contribution >= 4 is 46.0 Å². The first-order valence-corrected chi connectivity index (χ1v) is 10.4. The van der Waals surface area contributed by atoms with Crippen LogP contribution in [0.5, 0.6) is 0 Å². The number of carbonyl (C=O) groups is 3. The van der Waals surface area contributed by atoms with E-state index in [4.69, 9.17) is 4.74 Å². The number of ether oxygens (including phenoxy) is 1. The number of benzene rings is 1. The molecule has 0 saturated carbocycles. The van der Waals surface area contributed by atoms with Crippen molar-refractivity contribution in [3.05, 3.63) is 55.9 Å². The number of nitro benzene ring substituents is 1. The molecule has 0 bridgehead atoms. The second kappa shape index (κ2) is 9.94. The van der Waals surface area contributed by atoms with Crippen LogP contribution in [0.15, 0.2) is 29.4 Å². The largest absolute Gasteiger partial charge is 0.462 e. The summed E-state index contributed by atoms with van der Waals surface area (Å²) >= 11 is 1.28. The zero-order valence-electron chi connectivity index (χ0n) is 16.7. The van der Waals surface area contributed by atoms with Gasteiger partial charge in [0.15, 0.2) is 0 Å². The first-order chi connectivity index (χ1) is 14.9. The van der Waals surface area contributed by atoms with Crippen LogP contribution in [0.25, 0.3) is 0 Å². The number of aryl methyl sites for hydroxylation is 1. The van der Waals surface area contributed by atoms with Crippen molar-refractivity contribution in [3.63, 3.8) is 0 Å². The Morgan fingerprint density at radius 3 is 2.58 bits per heavy atom. The number of hydrogen-bond donors (Lipinski definition) is 2. The number of esters is 1. The van der Waals surface area contributed by atoms with Gasteiger partial charge in [-0.15, -0.1) is 11.3 Å². The van der Waals surface area contributed by atoms with Gasteiger partial charge in [-0.25, -0.2) is 10.2 Å². The van der Waals surface area contributed by atoms with Gasteiger partial charge < -0.3 is 10.1 Å². The normalized spacial score (nSPS) is 12.8. The number of thiophene rings is 1. The monoisotopic (exact) mass is 444 g/mol. The summed E-state index contributed by atoms with van der Waals surface area (Å²) in [6, 6.07) is 5.50. The molecular formula is C20H20N4O6S. The fourth-order valence-corrected chi connectivity index (χ4v) is 4.40. The van der Waals surface area contributed by atoms with Gasteiger partial charge >= 0.3 is 17.8 Å². The lowest BCUT2D eigenvalue weighted by molar-refractivity contribution is -0.384. The molecule has 1 heterocycles. The van der Waals surface area contributed by atoms with Gasteiger partial charge in [0.1, 0.15) is 5.00 Å². The molecule has 0 fully saturated rings. The summed E-state index contributed by atoms with van der Waals surface area (Å²) in [5.41, 5.74) is 3.72. The van der Waals surface area contributed by atoms with E-state index in [0.29, 0.717) is 16.1 Å². The van der Waals surface area contributed by atoms with Gasteiger partial charge in [-0.2, -0.15) is 5.10 Å². The van der Waals surface area contributed by atoms with Crippen LogP contribution in [0.2, 0.25) is 0 Å². The van der Waals surface area contributed by atoms with E-state index in [9.17, 15) is 24.5 Å². The molecule has 0 atom stereocenters. The molecule has 0 unspecified atom stereocenters. The van der Waals surface area contributed by atoms with E-state index in [0.717, 1.165) is 36.1 Å². The second-order valence-corrected chi connectivity index (χ2v) is 7.74. The summed E-state index contributed by atoms with van der Waals surface area (Å²) in [5, 5.41) is 17.1. The Bertz CT molecular complexity index is 1040. The number of carbonyl (C=O) groups excluding carboxylic acids is 3. The molecule has 1 aliphatic rings. The van der Waals surface area contributed by atoms with Gasteiger partial charge in [0.2, 0.25) is 0 Å². The minimum Gasteiger partial charge on any atom is -0.462 e. The van der Waals surface area contributed by atoms with E-state index in [1.165, 1.54) is 41.8 Å². The van der Waals surface area contributed by atoms with E-state index in [1.54, 1.807) is 6.92 Å². The predicted octanol–water partition coefficient (Wildman–Crippen LogP) is 2.80. The van der Waals surface area contributed by atoms with Crippen molar-refractivity contribution in [2.24, 2.45) is 5.10 Å². The second-order valence-electron chi connectivity index (χ2n) is 6.64. The SMILES string of the molecule is CCOC(=O)c1c(NC(=O)C(=O)NN=Cc2ccc([N+](=O)[O-])cc2)sc2c1CCCC2. The Morgan fingerprint density at radius 2 is 1.90 bits per heavy atom. The highest BCUT2D eigenvalue weighted by molar-refractivity contribution is 7.17. The Morgan fingerprint density at radius 1 is 1.19 bits per heavy atom. The summed E-state index contributed by atoms with van der Waals surface area (Å²) < 4.78 is 5.12. The minimum absolute atomic E-state index is 0.0726. The summed E-state index contributed by atoms with van der Waals surface area (Å²) in [6.07, 6.45) is 4.74. The van der Waals surface area contributed by atoms with Crippen molar-refractivity contribution < 1.29 is 24.0 Å². The molecule has 2 N–H and O–H groups in total. The number of amides is 2. The topological polar surface area (TPSA) is 140 Å². The predicted molar refractivity (Wildman–Crippen MR) is 114 cm³/mol. The summed E-state index contributed by atoms with van der Waals surface area (Å²) in [7, 11) is 0. The average molecular weight is 444 g/mol. The van der Waals surface area contributed by atoms with Crippen LogP contribution in [-0.4, -0.2) is 35.5 Å². The van der Waals surface area contributed by atoms with Crippen LogP contribution >= 0.6 is 11.3 Å². The highest BCUT2D eigenvalue weighted by atomic mass is 32.1. The maximum Gasteiger partial charge on any atom is 0.341 e. The van der Waals surface area contributed by atoms with Gasteiger partial charge in [0.25, 0.3) is 5.69 Å². The molecule has 1 aromatic heterocycles. The van der Waals surface area contributed by atoms with Crippen molar-refractivity contribution in [1.29, 1.82) is 0 Å². The highest BCUT2D eigenvalue weighted by Gasteiger charge is 2.28. The van der Waals surface area contributed by atoms with Gasteiger partial charge in [0, 0.05) is 17.0 Å². The molecule has 11 heteroatoms. The van der Waals surface area contributed by atoms with Crippen molar-refractivity contribution in [3.8, 4) is 0 Å². The molecule has 162 valence electrons. The smallest absolute Gasteiger partial charge is 0.341 e. The third-order valence-electron chi connectivity index (χ3n) is 4.57. The number of hydrazone groups is 1. The van der Waals surface area contributed by atoms with Crippen LogP contribution in [0, 0.1) is 10.1 Å². The Labute approximate surface area is 181 Å². The number of non-ortho nitro benzene ring substituents is 1. The molecule has 31 heavy (non-hydrogen) atoms. The lowest BCUT2D eigenvalue weighted by Gasteiger charge is -2.12. The molecular weight excluding hydrogens is 424 g/mol. The van der Waals surface area contributed by atoms with Crippen molar-refractivity contribution in [2.75, 3.05) is 11.9 Å². The van der Waals surface area contributed by atoms with Crippen LogP contribution in [0.3, 0.4) is 0 Å². The molecule has 2 amide bonds. The van der Waals surface area contributed by atoms with E-state index < -0.39 is 22.7 Å². The zero-order chi connectivity index (χ0) is 22.4. The maximum absolute atomic E-state index is 12.4. The molecule has 0 radical (unpaired) electrons. The lowest BCUT2D eigenvalue weighted by Crippen LogP contribution is -2.32. The van der Waals surface area contributed by atoms with Crippen molar-refractivity contribution in [2.45, 2.75) is 32.6 Å². The standard InChI is InChI=1S/C20H20N4O6S/c1-2-30-20(27)16-14-5-3-4-6-15(14)31-19(16)22-17(25)18(26)23-21-11-12-7-9-13(10-8-12)24(28)29/h7-11H,2-6H2,1H3,(H,22,25)(H,23,26). The quantitative estimate of drug-likeness (QED) is 0.231. The number of nitrogens with one attached hydrogen (secondary N) is 2. The Kier molecular flexibility index (Phi) is 7.08.